The molecule has 3 rings (SSSR count). The molecule has 1 N–H and O–H groups in total. The van der Waals surface area contributed by atoms with Gasteiger partial charge in [0.1, 0.15) is 22.0 Å². The van der Waals surface area contributed by atoms with Crippen molar-refractivity contribution in [2.24, 2.45) is 0 Å². The van der Waals surface area contributed by atoms with Gasteiger partial charge in [0.15, 0.2) is 0 Å². The number of esters is 1. The molecular weight excluding hydrogens is 394 g/mol. The topological polar surface area (TPSA) is 99.5 Å². The van der Waals surface area contributed by atoms with Gasteiger partial charge in [0.05, 0.1) is 24.9 Å². The molecule has 2 aromatic heterocycles. The highest BCUT2D eigenvalue weighted by Gasteiger charge is 2.21. The number of aromatic nitrogens is 2. The molecule has 1 aromatic carbocycles. The number of aryl methyl sites for hydroxylation is 1. The Kier molecular flexibility index (Phi) is 5.97. The summed E-state index contributed by atoms with van der Waals surface area (Å²) in [7, 11) is 1.56. The predicted molar refractivity (Wildman–Crippen MR) is 111 cm³/mol. The summed E-state index contributed by atoms with van der Waals surface area (Å²) < 4.78 is 11.5. The van der Waals surface area contributed by atoms with Crippen molar-refractivity contribution in [2.45, 2.75) is 33.4 Å². The number of amides is 1. The monoisotopic (exact) mass is 415 g/mol. The molecule has 0 atom stereocenters. The van der Waals surface area contributed by atoms with Crippen LogP contribution in [0.25, 0.3) is 10.2 Å². The summed E-state index contributed by atoms with van der Waals surface area (Å²) in [5, 5.41) is 3.05. The lowest BCUT2D eigenvalue weighted by Crippen LogP contribution is -2.27. The lowest BCUT2D eigenvalue weighted by molar-refractivity contribution is -0.116. The van der Waals surface area contributed by atoms with E-state index in [4.69, 9.17) is 9.47 Å². The standard InChI is InChI=1S/C20H21N3O5S/c1-11(2)28-20(26)17-12(3)16-18(29-17)21-10-23(19(16)25)9-15(24)22-13-5-7-14(27-4)8-6-13/h5-8,10-11H,9H2,1-4H3,(H,22,24). The maximum Gasteiger partial charge on any atom is 0.348 e. The van der Waals surface area contributed by atoms with Crippen molar-refractivity contribution in [3.05, 3.63) is 51.4 Å². The minimum Gasteiger partial charge on any atom is -0.497 e. The molecule has 1 amide bonds. The summed E-state index contributed by atoms with van der Waals surface area (Å²) in [4.78, 5) is 42.5. The normalized spacial score (nSPS) is 10.9. The van der Waals surface area contributed by atoms with Crippen LogP contribution in [0.15, 0.2) is 35.4 Å². The third kappa shape index (κ3) is 4.45. The summed E-state index contributed by atoms with van der Waals surface area (Å²) in [6.45, 7) is 5.00. The predicted octanol–water partition coefficient (Wildman–Crippen LogP) is 2.98. The molecule has 0 aliphatic carbocycles. The fraction of sp³-hybridized carbons (Fsp3) is 0.300. The largest absolute Gasteiger partial charge is 0.497 e. The number of methoxy groups -OCH3 is 1. The SMILES string of the molecule is COc1ccc(NC(=O)Cn2cnc3sc(C(=O)OC(C)C)c(C)c3c2=O)cc1. The summed E-state index contributed by atoms with van der Waals surface area (Å²) >= 11 is 1.11. The van der Waals surface area contributed by atoms with Crippen LogP contribution < -0.4 is 15.6 Å². The Labute approximate surface area is 171 Å². The zero-order chi connectivity index (χ0) is 21.1. The highest BCUT2D eigenvalue weighted by atomic mass is 32.1. The Hall–Kier alpha value is -3.20. The van der Waals surface area contributed by atoms with Crippen LogP contribution in [0.2, 0.25) is 0 Å². The van der Waals surface area contributed by atoms with Crippen LogP contribution in [-0.2, 0) is 16.1 Å². The molecule has 0 aliphatic heterocycles. The second kappa shape index (κ2) is 8.44. The average Bonchev–Trinajstić information content (AvgIpc) is 3.01. The minimum atomic E-state index is -0.483. The molecule has 2 heterocycles. The number of ether oxygens (including phenoxy) is 2. The first-order valence-corrected chi connectivity index (χ1v) is 9.75. The molecule has 0 bridgehead atoms. The van der Waals surface area contributed by atoms with Gasteiger partial charge in [-0.05, 0) is 50.6 Å². The first-order chi connectivity index (χ1) is 13.8. The van der Waals surface area contributed by atoms with Crippen LogP contribution >= 0.6 is 11.3 Å². The zero-order valence-corrected chi connectivity index (χ0v) is 17.3. The Bertz CT molecular complexity index is 1120. The molecule has 0 aliphatic rings. The van der Waals surface area contributed by atoms with Crippen LogP contribution in [-0.4, -0.2) is 34.6 Å². The molecular formula is C20H21N3O5S. The van der Waals surface area contributed by atoms with Crippen LogP contribution in [0.1, 0.15) is 29.1 Å². The van der Waals surface area contributed by atoms with Gasteiger partial charge in [-0.25, -0.2) is 9.78 Å². The number of benzene rings is 1. The third-order valence-corrected chi connectivity index (χ3v) is 5.31. The number of anilines is 1. The molecule has 8 nitrogen and oxygen atoms in total. The highest BCUT2D eigenvalue weighted by molar-refractivity contribution is 7.20. The van der Waals surface area contributed by atoms with Crippen molar-refractivity contribution >= 4 is 39.1 Å². The minimum absolute atomic E-state index is 0.200. The van der Waals surface area contributed by atoms with E-state index in [0.29, 0.717) is 32.1 Å². The van der Waals surface area contributed by atoms with E-state index in [2.05, 4.69) is 10.3 Å². The number of fused-ring (bicyclic) bond motifs is 1. The van der Waals surface area contributed by atoms with Gasteiger partial charge in [0, 0.05) is 5.69 Å². The molecule has 0 saturated carbocycles. The van der Waals surface area contributed by atoms with Gasteiger partial charge in [-0.15, -0.1) is 11.3 Å². The first kappa shape index (κ1) is 20.5. The van der Waals surface area contributed by atoms with Gasteiger partial charge in [-0.1, -0.05) is 0 Å². The van der Waals surface area contributed by atoms with Gasteiger partial charge in [-0.3, -0.25) is 14.2 Å². The van der Waals surface area contributed by atoms with Crippen LogP contribution in [0, 0.1) is 6.92 Å². The third-order valence-electron chi connectivity index (χ3n) is 4.13. The maximum atomic E-state index is 12.9. The number of nitrogens with zero attached hydrogens (tertiary/aromatic N) is 2. The number of carbonyl (C=O) groups is 2. The van der Waals surface area contributed by atoms with Crippen LogP contribution in [0.5, 0.6) is 5.75 Å². The molecule has 29 heavy (non-hydrogen) atoms. The number of nitrogens with one attached hydrogen (secondary N) is 1. The Morgan fingerprint density at radius 1 is 1.24 bits per heavy atom. The number of carbonyl (C=O) groups excluding carboxylic acids is 2. The van der Waals surface area contributed by atoms with Crippen molar-refractivity contribution in [1.82, 2.24) is 9.55 Å². The van der Waals surface area contributed by atoms with Crippen LogP contribution in [0.3, 0.4) is 0 Å². The fourth-order valence-corrected chi connectivity index (χ4v) is 3.79. The van der Waals surface area contributed by atoms with Crippen molar-refractivity contribution < 1.29 is 19.1 Å². The number of thiophene rings is 1. The second-order valence-corrected chi connectivity index (χ2v) is 7.64. The lowest BCUT2D eigenvalue weighted by atomic mass is 10.2. The molecule has 0 spiro atoms. The van der Waals surface area contributed by atoms with Crippen molar-refractivity contribution in [2.75, 3.05) is 12.4 Å². The van der Waals surface area contributed by atoms with E-state index in [0.717, 1.165) is 11.3 Å². The number of rotatable bonds is 6. The van der Waals surface area contributed by atoms with E-state index in [-0.39, 0.29) is 24.1 Å². The van der Waals surface area contributed by atoms with Crippen molar-refractivity contribution in [3.8, 4) is 5.75 Å². The molecule has 0 fully saturated rings. The van der Waals surface area contributed by atoms with Crippen molar-refractivity contribution in [1.29, 1.82) is 0 Å². The lowest BCUT2D eigenvalue weighted by Gasteiger charge is -2.08. The van der Waals surface area contributed by atoms with Gasteiger partial charge in [0.25, 0.3) is 5.56 Å². The van der Waals surface area contributed by atoms with Gasteiger partial charge >= 0.3 is 5.97 Å². The van der Waals surface area contributed by atoms with E-state index < -0.39 is 5.97 Å². The zero-order valence-electron chi connectivity index (χ0n) is 16.5. The Morgan fingerprint density at radius 2 is 1.93 bits per heavy atom. The first-order valence-electron chi connectivity index (χ1n) is 8.93. The van der Waals surface area contributed by atoms with E-state index in [1.54, 1.807) is 52.1 Å². The molecule has 0 unspecified atom stereocenters. The Morgan fingerprint density at radius 3 is 2.55 bits per heavy atom. The molecule has 152 valence electrons. The molecule has 0 radical (unpaired) electrons. The quantitative estimate of drug-likeness (QED) is 0.622. The Balaban J connectivity index is 1.83. The van der Waals surface area contributed by atoms with E-state index in [1.807, 2.05) is 0 Å². The summed E-state index contributed by atoms with van der Waals surface area (Å²) in [6.07, 6.45) is 1.05. The van der Waals surface area contributed by atoms with Crippen molar-refractivity contribution in [3.63, 3.8) is 0 Å². The molecule has 0 saturated heterocycles. The smallest absolute Gasteiger partial charge is 0.348 e. The molecule has 3 aromatic rings. The number of hydrogen-bond acceptors (Lipinski definition) is 7. The number of hydrogen-bond donors (Lipinski definition) is 1. The summed E-state index contributed by atoms with van der Waals surface area (Å²) in [5.41, 5.74) is 0.721. The van der Waals surface area contributed by atoms with E-state index in [9.17, 15) is 14.4 Å². The van der Waals surface area contributed by atoms with E-state index in [1.165, 1.54) is 10.9 Å². The van der Waals surface area contributed by atoms with E-state index >= 15 is 0 Å². The van der Waals surface area contributed by atoms with Gasteiger partial charge in [-0.2, -0.15) is 0 Å². The summed E-state index contributed by atoms with van der Waals surface area (Å²) in [6, 6.07) is 6.86. The fourth-order valence-electron chi connectivity index (χ4n) is 2.76. The average molecular weight is 415 g/mol. The van der Waals surface area contributed by atoms with Crippen LogP contribution in [0.4, 0.5) is 5.69 Å². The van der Waals surface area contributed by atoms with Gasteiger partial charge in [0.2, 0.25) is 5.91 Å². The summed E-state index contributed by atoms with van der Waals surface area (Å²) in [5.74, 6) is -0.178. The highest BCUT2D eigenvalue weighted by Crippen LogP contribution is 2.27. The van der Waals surface area contributed by atoms with Gasteiger partial charge < -0.3 is 14.8 Å². The molecule has 9 heteroatoms. The maximum absolute atomic E-state index is 12.9. The second-order valence-electron chi connectivity index (χ2n) is 6.64.